The zero-order valence-corrected chi connectivity index (χ0v) is 23.6. The highest BCUT2D eigenvalue weighted by atomic mass is 35.5. The maximum absolute atomic E-state index is 13.9. The number of hydrogen-bond acceptors (Lipinski definition) is 5. The van der Waals surface area contributed by atoms with Gasteiger partial charge in [0.2, 0.25) is 5.91 Å². The number of hydrogen-bond donors (Lipinski definition) is 3. The number of benzene rings is 2. The van der Waals surface area contributed by atoms with E-state index >= 15 is 0 Å². The van der Waals surface area contributed by atoms with Gasteiger partial charge >= 0.3 is 6.09 Å². The molecular formula is C28H38ClN3O5. The Morgan fingerprint density at radius 2 is 1.65 bits per heavy atom. The molecule has 0 radical (unpaired) electrons. The highest BCUT2D eigenvalue weighted by Crippen LogP contribution is 2.33. The molecule has 0 saturated heterocycles. The zero-order chi connectivity index (χ0) is 28.1. The molecule has 37 heavy (non-hydrogen) atoms. The van der Waals surface area contributed by atoms with Crippen molar-refractivity contribution in [1.29, 1.82) is 0 Å². The van der Waals surface area contributed by atoms with Crippen LogP contribution in [-0.4, -0.2) is 51.7 Å². The van der Waals surface area contributed by atoms with Crippen LogP contribution in [0.25, 0.3) is 0 Å². The SMILES string of the molecule is Cc1cccc(C(C(=O)Nc2c(C)cccc2Cl)N(C(=O)C(CO)NC(=O)OC(C)(C)C)C(C)(C)C)c1. The zero-order valence-electron chi connectivity index (χ0n) is 22.8. The molecule has 3 amide bonds. The van der Waals surface area contributed by atoms with Crippen molar-refractivity contribution in [2.24, 2.45) is 0 Å². The number of amides is 3. The van der Waals surface area contributed by atoms with Crippen LogP contribution < -0.4 is 10.6 Å². The number of nitrogens with one attached hydrogen (secondary N) is 2. The van der Waals surface area contributed by atoms with Crippen LogP contribution in [0.3, 0.4) is 0 Å². The van der Waals surface area contributed by atoms with Crippen LogP contribution in [0, 0.1) is 13.8 Å². The Kier molecular flexibility index (Phi) is 9.74. The highest BCUT2D eigenvalue weighted by molar-refractivity contribution is 6.34. The lowest BCUT2D eigenvalue weighted by Crippen LogP contribution is -2.59. The van der Waals surface area contributed by atoms with Gasteiger partial charge in [0.1, 0.15) is 17.7 Å². The molecule has 2 aromatic carbocycles. The van der Waals surface area contributed by atoms with Crippen LogP contribution in [0.2, 0.25) is 5.02 Å². The van der Waals surface area contributed by atoms with Gasteiger partial charge in [-0.1, -0.05) is 53.6 Å². The smallest absolute Gasteiger partial charge is 0.408 e. The van der Waals surface area contributed by atoms with Gasteiger partial charge in [0.25, 0.3) is 5.91 Å². The van der Waals surface area contributed by atoms with Crippen LogP contribution in [0.1, 0.15) is 64.3 Å². The number of aliphatic hydroxyl groups is 1. The largest absolute Gasteiger partial charge is 0.444 e. The number of halogens is 1. The van der Waals surface area contributed by atoms with E-state index in [9.17, 15) is 19.5 Å². The van der Waals surface area contributed by atoms with Crippen molar-refractivity contribution in [3.63, 3.8) is 0 Å². The van der Waals surface area contributed by atoms with E-state index in [1.165, 1.54) is 4.90 Å². The van der Waals surface area contributed by atoms with E-state index < -0.39 is 47.7 Å². The van der Waals surface area contributed by atoms with Crippen molar-refractivity contribution >= 4 is 35.2 Å². The maximum Gasteiger partial charge on any atom is 0.408 e. The number of aliphatic hydroxyl groups excluding tert-OH is 1. The van der Waals surface area contributed by atoms with Crippen LogP contribution >= 0.6 is 11.6 Å². The lowest BCUT2D eigenvalue weighted by molar-refractivity contribution is -0.147. The number of carbonyl (C=O) groups is 3. The summed E-state index contributed by atoms with van der Waals surface area (Å²) in [6.07, 6.45) is -0.850. The fraction of sp³-hybridized carbons (Fsp3) is 0.464. The van der Waals surface area contributed by atoms with Gasteiger partial charge in [0, 0.05) is 5.54 Å². The average Bonchev–Trinajstić information content (AvgIpc) is 2.75. The molecule has 3 N–H and O–H groups in total. The molecular weight excluding hydrogens is 494 g/mol. The third-order valence-corrected chi connectivity index (χ3v) is 5.78. The number of carbonyl (C=O) groups excluding carboxylic acids is 3. The van der Waals surface area contributed by atoms with Crippen LogP contribution in [0.15, 0.2) is 42.5 Å². The van der Waals surface area contributed by atoms with Gasteiger partial charge in [-0.05, 0) is 72.6 Å². The van der Waals surface area contributed by atoms with E-state index in [4.69, 9.17) is 16.3 Å². The molecule has 0 saturated carbocycles. The number of para-hydroxylation sites is 1. The first-order valence-electron chi connectivity index (χ1n) is 12.1. The number of aryl methyl sites for hydroxylation is 2. The Hall–Kier alpha value is -3.10. The first-order chi connectivity index (χ1) is 17.0. The lowest BCUT2D eigenvalue weighted by atomic mass is 9.94. The predicted octanol–water partition coefficient (Wildman–Crippen LogP) is 5.15. The van der Waals surface area contributed by atoms with Gasteiger partial charge < -0.3 is 25.4 Å². The summed E-state index contributed by atoms with van der Waals surface area (Å²) in [5.74, 6) is -1.13. The summed E-state index contributed by atoms with van der Waals surface area (Å²) in [5, 5.41) is 15.8. The van der Waals surface area contributed by atoms with E-state index in [1.54, 1.807) is 65.8 Å². The van der Waals surface area contributed by atoms with Crippen molar-refractivity contribution < 1.29 is 24.2 Å². The second-order valence-electron chi connectivity index (χ2n) is 11.0. The normalized spacial score (nSPS) is 13.4. The van der Waals surface area contributed by atoms with Crippen LogP contribution in [0.5, 0.6) is 0 Å². The van der Waals surface area contributed by atoms with Crippen molar-refractivity contribution in [1.82, 2.24) is 10.2 Å². The molecule has 2 rings (SSSR count). The highest BCUT2D eigenvalue weighted by Gasteiger charge is 2.42. The van der Waals surface area contributed by atoms with Gasteiger partial charge in [-0.25, -0.2) is 4.79 Å². The molecule has 2 unspecified atom stereocenters. The van der Waals surface area contributed by atoms with Gasteiger partial charge in [0.05, 0.1) is 17.3 Å². The van der Waals surface area contributed by atoms with E-state index in [1.807, 2.05) is 32.0 Å². The molecule has 0 fully saturated rings. The second kappa shape index (κ2) is 12.0. The first-order valence-corrected chi connectivity index (χ1v) is 12.5. The number of alkyl carbamates (subject to hydrolysis) is 1. The number of nitrogens with zero attached hydrogens (tertiary/aromatic N) is 1. The monoisotopic (exact) mass is 531 g/mol. The minimum Gasteiger partial charge on any atom is -0.444 e. The van der Waals surface area contributed by atoms with E-state index in [0.29, 0.717) is 16.3 Å². The first kappa shape index (κ1) is 30.1. The molecule has 0 aliphatic heterocycles. The fourth-order valence-corrected chi connectivity index (χ4v) is 4.16. The number of anilines is 1. The number of ether oxygens (including phenoxy) is 1. The Balaban J connectivity index is 2.57. The molecule has 2 atom stereocenters. The fourth-order valence-electron chi connectivity index (χ4n) is 3.89. The van der Waals surface area contributed by atoms with Crippen LogP contribution in [0.4, 0.5) is 10.5 Å². The Labute approximate surface area is 224 Å². The minimum absolute atomic E-state index is 0.366. The molecule has 0 aromatic heterocycles. The molecule has 8 nitrogen and oxygen atoms in total. The summed E-state index contributed by atoms with van der Waals surface area (Å²) in [4.78, 5) is 41.6. The molecule has 2 aromatic rings. The maximum atomic E-state index is 13.9. The quantitative estimate of drug-likeness (QED) is 0.458. The second-order valence-corrected chi connectivity index (χ2v) is 11.4. The van der Waals surface area contributed by atoms with E-state index in [2.05, 4.69) is 10.6 Å². The minimum atomic E-state index is -1.34. The predicted molar refractivity (Wildman–Crippen MR) is 146 cm³/mol. The third-order valence-electron chi connectivity index (χ3n) is 5.47. The average molecular weight is 532 g/mol. The summed E-state index contributed by atoms with van der Waals surface area (Å²) < 4.78 is 5.27. The summed E-state index contributed by atoms with van der Waals surface area (Å²) >= 11 is 6.37. The summed E-state index contributed by atoms with van der Waals surface area (Å²) in [5.41, 5.74) is 0.987. The van der Waals surface area contributed by atoms with E-state index in [-0.39, 0.29) is 0 Å². The number of rotatable bonds is 7. The molecule has 0 aliphatic rings. The Bertz CT molecular complexity index is 1120. The summed E-state index contributed by atoms with van der Waals surface area (Å²) in [6, 6.07) is 10.1. The Morgan fingerprint density at radius 1 is 1.03 bits per heavy atom. The summed E-state index contributed by atoms with van der Waals surface area (Å²) in [6.45, 7) is 13.5. The Morgan fingerprint density at radius 3 is 2.16 bits per heavy atom. The van der Waals surface area contributed by atoms with Gasteiger partial charge in [-0.2, -0.15) is 0 Å². The molecule has 0 aliphatic carbocycles. The molecule has 0 spiro atoms. The third kappa shape index (κ3) is 8.20. The van der Waals surface area contributed by atoms with Gasteiger partial charge in [0.15, 0.2) is 0 Å². The van der Waals surface area contributed by atoms with E-state index in [0.717, 1.165) is 11.1 Å². The van der Waals surface area contributed by atoms with Crippen molar-refractivity contribution in [3.8, 4) is 0 Å². The van der Waals surface area contributed by atoms with Crippen LogP contribution in [-0.2, 0) is 14.3 Å². The van der Waals surface area contributed by atoms with Crippen molar-refractivity contribution in [2.45, 2.75) is 78.6 Å². The topological polar surface area (TPSA) is 108 Å². The van der Waals surface area contributed by atoms with Gasteiger partial charge in [-0.3, -0.25) is 9.59 Å². The lowest BCUT2D eigenvalue weighted by Gasteiger charge is -2.43. The molecule has 9 heteroatoms. The molecule has 0 heterocycles. The van der Waals surface area contributed by atoms with Crippen molar-refractivity contribution in [2.75, 3.05) is 11.9 Å². The van der Waals surface area contributed by atoms with Crippen molar-refractivity contribution in [3.05, 3.63) is 64.2 Å². The van der Waals surface area contributed by atoms with Gasteiger partial charge in [-0.15, -0.1) is 0 Å². The molecule has 202 valence electrons. The standard InChI is InChI=1S/C28H38ClN3O5/c1-17-11-9-13-19(15-17)23(24(34)31-22-18(2)12-10-14-20(22)29)32(27(3,4)5)25(35)21(16-33)30-26(36)37-28(6,7)8/h9-15,21,23,33H,16H2,1-8H3,(H,30,36)(H,31,34). The molecule has 0 bridgehead atoms. The summed E-state index contributed by atoms with van der Waals surface area (Å²) in [7, 11) is 0.